The van der Waals surface area contributed by atoms with E-state index in [4.69, 9.17) is 5.73 Å². The van der Waals surface area contributed by atoms with Crippen LogP contribution in [0.25, 0.3) is 22.3 Å². The van der Waals surface area contributed by atoms with E-state index in [-0.39, 0.29) is 6.04 Å². The highest BCUT2D eigenvalue weighted by molar-refractivity contribution is 5.87. The molecule has 0 aliphatic heterocycles. The summed E-state index contributed by atoms with van der Waals surface area (Å²) in [7, 11) is 0. The normalized spacial score (nSPS) is 13.1. The molecule has 1 atom stereocenters. The molecule has 0 amide bonds. The minimum Gasteiger partial charge on any atom is -0.353 e. The van der Waals surface area contributed by atoms with Gasteiger partial charge in [0.15, 0.2) is 0 Å². The van der Waals surface area contributed by atoms with Crippen molar-refractivity contribution in [1.29, 1.82) is 0 Å². The van der Waals surface area contributed by atoms with E-state index < -0.39 is 0 Å². The molecule has 0 aliphatic carbocycles. The molecule has 2 heterocycles. The SMILES string of the molecule is Cc1cccc2[nH]c(-c3cc([C@H](C)N)[nH]n3)cc12. The van der Waals surface area contributed by atoms with Gasteiger partial charge in [0.1, 0.15) is 5.69 Å². The predicted molar refractivity (Wildman–Crippen MR) is 73.2 cm³/mol. The van der Waals surface area contributed by atoms with E-state index in [9.17, 15) is 0 Å². The number of nitrogens with one attached hydrogen (secondary N) is 2. The van der Waals surface area contributed by atoms with E-state index in [2.05, 4.69) is 46.4 Å². The lowest BCUT2D eigenvalue weighted by Gasteiger charge is -1.96. The van der Waals surface area contributed by atoms with Crippen LogP contribution in [0.2, 0.25) is 0 Å². The number of benzene rings is 1. The number of aromatic amines is 2. The van der Waals surface area contributed by atoms with Gasteiger partial charge in [-0.2, -0.15) is 5.10 Å². The highest BCUT2D eigenvalue weighted by Gasteiger charge is 2.10. The van der Waals surface area contributed by atoms with Gasteiger partial charge in [-0.15, -0.1) is 0 Å². The van der Waals surface area contributed by atoms with Crippen LogP contribution >= 0.6 is 0 Å². The highest BCUT2D eigenvalue weighted by atomic mass is 15.1. The smallest absolute Gasteiger partial charge is 0.109 e. The van der Waals surface area contributed by atoms with Crippen LogP contribution in [-0.4, -0.2) is 15.2 Å². The Labute approximate surface area is 105 Å². The summed E-state index contributed by atoms with van der Waals surface area (Å²) in [6, 6.07) is 10.3. The standard InChI is InChI=1S/C14H16N4/c1-8-4-3-5-11-10(8)6-13(16-11)14-7-12(9(2)15)17-18-14/h3-7,9,16H,15H2,1-2H3,(H,17,18)/t9-/m0/s1. The fourth-order valence-corrected chi connectivity index (χ4v) is 2.15. The van der Waals surface area contributed by atoms with Gasteiger partial charge >= 0.3 is 0 Å². The van der Waals surface area contributed by atoms with Crippen molar-refractivity contribution in [2.75, 3.05) is 0 Å². The summed E-state index contributed by atoms with van der Waals surface area (Å²) < 4.78 is 0. The van der Waals surface area contributed by atoms with Gasteiger partial charge in [0, 0.05) is 16.9 Å². The molecule has 4 nitrogen and oxygen atoms in total. The summed E-state index contributed by atoms with van der Waals surface area (Å²) in [4.78, 5) is 3.38. The van der Waals surface area contributed by atoms with Crippen LogP contribution in [0.1, 0.15) is 24.2 Å². The molecule has 1 aromatic carbocycles. The molecule has 3 aromatic rings. The first-order valence-corrected chi connectivity index (χ1v) is 6.05. The molecule has 4 heteroatoms. The molecule has 0 unspecified atom stereocenters. The predicted octanol–water partition coefficient (Wildman–Crippen LogP) is 2.89. The maximum atomic E-state index is 5.82. The Bertz CT molecular complexity index is 691. The number of hydrogen-bond acceptors (Lipinski definition) is 2. The van der Waals surface area contributed by atoms with Gasteiger partial charge in [-0.1, -0.05) is 12.1 Å². The van der Waals surface area contributed by atoms with Crippen molar-refractivity contribution in [3.8, 4) is 11.4 Å². The van der Waals surface area contributed by atoms with Crippen molar-refractivity contribution in [1.82, 2.24) is 15.2 Å². The number of rotatable bonds is 2. The van der Waals surface area contributed by atoms with Gasteiger partial charge in [-0.3, -0.25) is 5.10 Å². The van der Waals surface area contributed by atoms with Crippen LogP contribution in [0.5, 0.6) is 0 Å². The summed E-state index contributed by atoms with van der Waals surface area (Å²) in [5, 5.41) is 8.50. The van der Waals surface area contributed by atoms with Crippen LogP contribution in [0, 0.1) is 6.92 Å². The van der Waals surface area contributed by atoms with E-state index in [0.717, 1.165) is 22.6 Å². The average Bonchev–Trinajstić information content (AvgIpc) is 2.95. The third-order valence-corrected chi connectivity index (χ3v) is 3.25. The molecule has 2 aromatic heterocycles. The van der Waals surface area contributed by atoms with Gasteiger partial charge in [0.05, 0.1) is 11.4 Å². The summed E-state index contributed by atoms with van der Waals surface area (Å²) in [5.41, 5.74) is 11.1. The number of nitrogens with two attached hydrogens (primary N) is 1. The Morgan fingerprint density at radius 2 is 2.11 bits per heavy atom. The van der Waals surface area contributed by atoms with Crippen molar-refractivity contribution < 1.29 is 0 Å². The molecule has 4 N–H and O–H groups in total. The van der Waals surface area contributed by atoms with Crippen LogP contribution in [0.15, 0.2) is 30.3 Å². The number of hydrogen-bond donors (Lipinski definition) is 3. The van der Waals surface area contributed by atoms with Crippen molar-refractivity contribution in [3.05, 3.63) is 41.6 Å². The zero-order valence-corrected chi connectivity index (χ0v) is 10.5. The molecule has 3 rings (SSSR count). The molecule has 0 saturated carbocycles. The Balaban J connectivity index is 2.10. The fourth-order valence-electron chi connectivity index (χ4n) is 2.15. The number of fused-ring (bicyclic) bond motifs is 1. The van der Waals surface area contributed by atoms with Crippen molar-refractivity contribution in [3.63, 3.8) is 0 Å². The first-order chi connectivity index (χ1) is 8.65. The lowest BCUT2D eigenvalue weighted by molar-refractivity contribution is 0.772. The zero-order valence-electron chi connectivity index (χ0n) is 10.5. The lowest BCUT2D eigenvalue weighted by Crippen LogP contribution is -2.04. The topological polar surface area (TPSA) is 70.5 Å². The minimum absolute atomic E-state index is 0.0302. The summed E-state index contributed by atoms with van der Waals surface area (Å²) in [6.07, 6.45) is 0. The molecular weight excluding hydrogens is 224 g/mol. The Morgan fingerprint density at radius 1 is 1.28 bits per heavy atom. The molecule has 0 saturated heterocycles. The Morgan fingerprint density at radius 3 is 2.78 bits per heavy atom. The first kappa shape index (κ1) is 11.0. The van der Waals surface area contributed by atoms with Crippen LogP contribution in [0.3, 0.4) is 0 Å². The third-order valence-electron chi connectivity index (χ3n) is 3.25. The molecule has 0 aliphatic rings. The molecule has 0 spiro atoms. The Kier molecular flexibility index (Phi) is 2.45. The maximum Gasteiger partial charge on any atom is 0.109 e. The number of aryl methyl sites for hydroxylation is 1. The molecule has 0 bridgehead atoms. The second kappa shape index (κ2) is 3.99. The zero-order chi connectivity index (χ0) is 12.7. The molecular formula is C14H16N4. The van der Waals surface area contributed by atoms with Gasteiger partial charge in [-0.05, 0) is 37.6 Å². The monoisotopic (exact) mass is 240 g/mol. The number of H-pyrrole nitrogens is 2. The summed E-state index contributed by atoms with van der Waals surface area (Å²) in [5.74, 6) is 0. The largest absolute Gasteiger partial charge is 0.353 e. The highest BCUT2D eigenvalue weighted by Crippen LogP contribution is 2.25. The van der Waals surface area contributed by atoms with Crippen LogP contribution < -0.4 is 5.73 Å². The fraction of sp³-hybridized carbons (Fsp3) is 0.214. The average molecular weight is 240 g/mol. The van der Waals surface area contributed by atoms with E-state index in [1.165, 1.54) is 10.9 Å². The number of aromatic nitrogens is 3. The van der Waals surface area contributed by atoms with Gasteiger partial charge in [0.25, 0.3) is 0 Å². The van der Waals surface area contributed by atoms with Gasteiger partial charge in [-0.25, -0.2) is 0 Å². The quantitative estimate of drug-likeness (QED) is 0.644. The van der Waals surface area contributed by atoms with Gasteiger partial charge in [0.2, 0.25) is 0 Å². The van der Waals surface area contributed by atoms with Crippen LogP contribution in [0.4, 0.5) is 0 Å². The maximum absolute atomic E-state index is 5.82. The lowest BCUT2D eigenvalue weighted by atomic mass is 10.1. The van der Waals surface area contributed by atoms with Crippen molar-refractivity contribution in [2.24, 2.45) is 5.73 Å². The molecule has 0 fully saturated rings. The summed E-state index contributed by atoms with van der Waals surface area (Å²) >= 11 is 0. The minimum atomic E-state index is -0.0302. The second-order valence-corrected chi connectivity index (χ2v) is 4.72. The molecule has 92 valence electrons. The van der Waals surface area contributed by atoms with E-state index >= 15 is 0 Å². The van der Waals surface area contributed by atoms with E-state index in [1.807, 2.05) is 13.0 Å². The molecule has 0 radical (unpaired) electrons. The number of nitrogens with zero attached hydrogens (tertiary/aromatic N) is 1. The summed E-state index contributed by atoms with van der Waals surface area (Å²) in [6.45, 7) is 4.05. The van der Waals surface area contributed by atoms with E-state index in [0.29, 0.717) is 0 Å². The van der Waals surface area contributed by atoms with Crippen LogP contribution in [-0.2, 0) is 0 Å². The van der Waals surface area contributed by atoms with Crippen molar-refractivity contribution in [2.45, 2.75) is 19.9 Å². The van der Waals surface area contributed by atoms with Crippen molar-refractivity contribution >= 4 is 10.9 Å². The first-order valence-electron chi connectivity index (χ1n) is 6.05. The van der Waals surface area contributed by atoms with Gasteiger partial charge < -0.3 is 10.7 Å². The molecule has 18 heavy (non-hydrogen) atoms. The van der Waals surface area contributed by atoms with E-state index in [1.54, 1.807) is 0 Å². The second-order valence-electron chi connectivity index (χ2n) is 4.72. The third kappa shape index (κ3) is 1.71. The Hall–Kier alpha value is -2.07.